The number of rotatable bonds is 4. The van der Waals surface area contributed by atoms with Gasteiger partial charge in [-0.15, -0.1) is 0 Å². The Bertz CT molecular complexity index is 605. The van der Waals surface area contributed by atoms with E-state index in [-0.39, 0.29) is 22.8 Å². The van der Waals surface area contributed by atoms with Gasteiger partial charge in [0.25, 0.3) is 15.8 Å². The second-order valence-electron chi connectivity index (χ2n) is 4.05. The first kappa shape index (κ1) is 12.9. The molecule has 0 bridgehead atoms. The van der Waals surface area contributed by atoms with E-state index in [0.717, 1.165) is 7.11 Å². The first-order chi connectivity index (χ1) is 8.32. The van der Waals surface area contributed by atoms with Gasteiger partial charge in [-0.25, -0.2) is 0 Å². The molecule has 1 saturated heterocycles. The standard InChI is InChI=1S/C10H11NO6S/c1-10(6-17-10)9-7(11(12)13)4-3-5-8(9)18(14,15)16-2/h3-5H,6H2,1-2H3/t10-/m1/s1. The molecule has 0 N–H and O–H groups in total. The smallest absolute Gasteiger partial charge is 0.297 e. The lowest BCUT2D eigenvalue weighted by atomic mass is 10.00. The molecule has 0 saturated carbocycles. The van der Waals surface area contributed by atoms with E-state index in [1.165, 1.54) is 18.2 Å². The highest BCUT2D eigenvalue weighted by Crippen LogP contribution is 2.45. The second-order valence-corrected chi connectivity index (χ2v) is 5.73. The van der Waals surface area contributed by atoms with Crippen LogP contribution in [0.15, 0.2) is 23.1 Å². The van der Waals surface area contributed by atoms with E-state index in [9.17, 15) is 18.5 Å². The molecule has 1 aromatic rings. The third-order valence-electron chi connectivity index (χ3n) is 2.80. The third kappa shape index (κ3) is 1.98. The van der Waals surface area contributed by atoms with Crippen LogP contribution in [0.1, 0.15) is 12.5 Å². The lowest BCUT2D eigenvalue weighted by Crippen LogP contribution is -2.15. The molecule has 1 aliphatic heterocycles. The predicted molar refractivity (Wildman–Crippen MR) is 60.6 cm³/mol. The number of benzene rings is 1. The van der Waals surface area contributed by atoms with E-state index >= 15 is 0 Å². The van der Waals surface area contributed by atoms with Gasteiger partial charge in [0.1, 0.15) is 10.5 Å². The van der Waals surface area contributed by atoms with Crippen molar-refractivity contribution in [3.63, 3.8) is 0 Å². The summed E-state index contributed by atoms with van der Waals surface area (Å²) >= 11 is 0. The van der Waals surface area contributed by atoms with Gasteiger partial charge in [0, 0.05) is 6.07 Å². The Kier molecular flexibility index (Phi) is 2.88. The molecule has 2 rings (SSSR count). The summed E-state index contributed by atoms with van der Waals surface area (Å²) in [7, 11) is -3.00. The van der Waals surface area contributed by atoms with Crippen LogP contribution in [0.4, 0.5) is 5.69 Å². The maximum atomic E-state index is 11.8. The highest BCUT2D eigenvalue weighted by Gasteiger charge is 2.49. The van der Waals surface area contributed by atoms with Crippen molar-refractivity contribution in [2.45, 2.75) is 17.4 Å². The van der Waals surface area contributed by atoms with Crippen LogP contribution in [0, 0.1) is 10.1 Å². The molecule has 8 heteroatoms. The number of nitrogens with zero attached hydrogens (tertiary/aromatic N) is 1. The minimum Gasteiger partial charge on any atom is -0.364 e. The summed E-state index contributed by atoms with van der Waals surface area (Å²) in [6.07, 6.45) is 0. The fraction of sp³-hybridized carbons (Fsp3) is 0.400. The SMILES string of the molecule is COS(=O)(=O)c1cccc([N+](=O)[O-])c1[C@@]1(C)CO1. The number of epoxide rings is 1. The number of hydrogen-bond acceptors (Lipinski definition) is 6. The van der Waals surface area contributed by atoms with Crippen LogP contribution >= 0.6 is 0 Å². The van der Waals surface area contributed by atoms with E-state index in [1.54, 1.807) is 6.92 Å². The number of hydrogen-bond donors (Lipinski definition) is 0. The average molecular weight is 273 g/mol. The molecule has 1 aliphatic rings. The molecule has 1 aromatic carbocycles. The zero-order valence-corrected chi connectivity index (χ0v) is 10.6. The molecular weight excluding hydrogens is 262 g/mol. The molecule has 1 fully saturated rings. The van der Waals surface area contributed by atoms with Crippen LogP contribution in [0.25, 0.3) is 0 Å². The first-order valence-corrected chi connectivity index (χ1v) is 6.45. The molecule has 1 heterocycles. The number of nitro groups is 1. The normalized spacial score (nSPS) is 22.8. The minimum atomic E-state index is -4.01. The predicted octanol–water partition coefficient (Wildman–Crippen LogP) is 1.18. The fourth-order valence-electron chi connectivity index (χ4n) is 1.75. The summed E-state index contributed by atoms with van der Waals surface area (Å²) in [4.78, 5) is 10.1. The van der Waals surface area contributed by atoms with Crippen LogP contribution < -0.4 is 0 Å². The largest absolute Gasteiger partial charge is 0.364 e. The van der Waals surface area contributed by atoms with E-state index < -0.39 is 20.6 Å². The second kappa shape index (κ2) is 4.01. The lowest BCUT2D eigenvalue weighted by molar-refractivity contribution is -0.386. The van der Waals surface area contributed by atoms with Crippen molar-refractivity contribution in [1.82, 2.24) is 0 Å². The van der Waals surface area contributed by atoms with Crippen LogP contribution in [-0.2, 0) is 24.6 Å². The van der Waals surface area contributed by atoms with Crippen LogP contribution in [0.2, 0.25) is 0 Å². The summed E-state index contributed by atoms with van der Waals surface area (Å²) in [6, 6.07) is 3.82. The summed E-state index contributed by atoms with van der Waals surface area (Å²) in [5, 5.41) is 11.0. The minimum absolute atomic E-state index is 0.0388. The Hall–Kier alpha value is -1.51. The first-order valence-electron chi connectivity index (χ1n) is 5.04. The quantitative estimate of drug-likeness (QED) is 0.353. The van der Waals surface area contributed by atoms with Gasteiger partial charge < -0.3 is 4.74 Å². The molecule has 1 atom stereocenters. The van der Waals surface area contributed by atoms with Crippen LogP contribution in [0.3, 0.4) is 0 Å². The van der Waals surface area contributed by atoms with Gasteiger partial charge in [-0.3, -0.25) is 14.3 Å². The summed E-state index contributed by atoms with van der Waals surface area (Å²) in [6.45, 7) is 1.84. The van der Waals surface area contributed by atoms with E-state index in [1.807, 2.05) is 0 Å². The van der Waals surface area contributed by atoms with Gasteiger partial charge in [-0.2, -0.15) is 8.42 Å². The topological polar surface area (TPSA) is 99.0 Å². The van der Waals surface area contributed by atoms with Gasteiger partial charge in [-0.1, -0.05) is 6.07 Å². The van der Waals surface area contributed by atoms with Crippen molar-refractivity contribution in [2.75, 3.05) is 13.7 Å². The van der Waals surface area contributed by atoms with Crippen molar-refractivity contribution in [3.8, 4) is 0 Å². The Balaban J connectivity index is 2.75. The molecule has 0 spiro atoms. The van der Waals surface area contributed by atoms with Crippen LogP contribution in [0.5, 0.6) is 0 Å². The Morgan fingerprint density at radius 2 is 2.11 bits per heavy atom. The summed E-state index contributed by atoms with van der Waals surface area (Å²) in [5.74, 6) is 0. The van der Waals surface area contributed by atoms with Gasteiger partial charge in [-0.05, 0) is 13.0 Å². The molecule has 7 nitrogen and oxygen atoms in total. The van der Waals surface area contributed by atoms with Crippen molar-refractivity contribution in [1.29, 1.82) is 0 Å². The highest BCUT2D eigenvalue weighted by atomic mass is 32.2. The number of ether oxygens (including phenoxy) is 1. The summed E-state index contributed by atoms with van der Waals surface area (Å²) in [5.41, 5.74) is -1.19. The zero-order chi connectivity index (χ0) is 13.6. The van der Waals surface area contributed by atoms with Crippen molar-refractivity contribution in [3.05, 3.63) is 33.9 Å². The van der Waals surface area contributed by atoms with Crippen LogP contribution in [-0.4, -0.2) is 27.1 Å². The molecule has 0 unspecified atom stereocenters. The van der Waals surface area contributed by atoms with Gasteiger partial charge in [0.05, 0.1) is 24.2 Å². The molecule has 0 aliphatic carbocycles. The molecule has 0 amide bonds. The van der Waals surface area contributed by atoms with Crippen molar-refractivity contribution < 1.29 is 22.3 Å². The van der Waals surface area contributed by atoms with E-state index in [2.05, 4.69) is 4.18 Å². The third-order valence-corrected chi connectivity index (χ3v) is 4.11. The van der Waals surface area contributed by atoms with Crippen molar-refractivity contribution in [2.24, 2.45) is 0 Å². The van der Waals surface area contributed by atoms with E-state index in [0.29, 0.717) is 0 Å². The summed E-state index contributed by atoms with van der Waals surface area (Å²) < 4.78 is 33.1. The molecule has 0 aromatic heterocycles. The van der Waals surface area contributed by atoms with Crippen molar-refractivity contribution >= 4 is 15.8 Å². The molecular formula is C10H11NO6S. The maximum Gasteiger partial charge on any atom is 0.297 e. The van der Waals surface area contributed by atoms with Gasteiger partial charge >= 0.3 is 0 Å². The average Bonchev–Trinajstić information content (AvgIpc) is 3.07. The molecule has 18 heavy (non-hydrogen) atoms. The van der Waals surface area contributed by atoms with Gasteiger partial charge in [0.2, 0.25) is 0 Å². The molecule has 0 radical (unpaired) electrons. The monoisotopic (exact) mass is 273 g/mol. The maximum absolute atomic E-state index is 11.8. The van der Waals surface area contributed by atoms with E-state index in [4.69, 9.17) is 4.74 Å². The Morgan fingerprint density at radius 1 is 1.50 bits per heavy atom. The zero-order valence-electron chi connectivity index (χ0n) is 9.74. The molecule has 98 valence electrons. The fourth-order valence-corrected chi connectivity index (χ4v) is 2.75. The highest BCUT2D eigenvalue weighted by molar-refractivity contribution is 7.86. The number of nitro benzene ring substituents is 1. The van der Waals surface area contributed by atoms with Gasteiger partial charge in [0.15, 0.2) is 0 Å². The Morgan fingerprint density at radius 3 is 2.56 bits per heavy atom. The lowest BCUT2D eigenvalue weighted by Gasteiger charge is -2.12. The Labute approximate surface area is 104 Å².